The highest BCUT2D eigenvalue weighted by atomic mass is 35.5. The van der Waals surface area contributed by atoms with E-state index in [9.17, 15) is 0 Å². The van der Waals surface area contributed by atoms with Crippen molar-refractivity contribution in [3.05, 3.63) is 29.3 Å². The van der Waals surface area contributed by atoms with Gasteiger partial charge < -0.3 is 5.32 Å². The zero-order chi connectivity index (χ0) is 9.10. The Kier molecular flexibility index (Phi) is 3.14. The van der Waals surface area contributed by atoms with Crippen LogP contribution in [0.15, 0.2) is 29.2 Å². The molecule has 0 amide bonds. The lowest BCUT2D eigenvalue weighted by molar-refractivity contribution is 0.858. The summed E-state index contributed by atoms with van der Waals surface area (Å²) >= 11 is 7.82. The van der Waals surface area contributed by atoms with Crippen LogP contribution in [0, 0.1) is 0 Å². The van der Waals surface area contributed by atoms with E-state index in [4.69, 9.17) is 11.6 Å². The number of nitrogens with one attached hydrogen (secondary N) is 1. The Morgan fingerprint density at radius 2 is 2.38 bits per heavy atom. The highest BCUT2D eigenvalue weighted by molar-refractivity contribution is 8.00. The van der Waals surface area contributed by atoms with Gasteiger partial charge in [-0.25, -0.2) is 0 Å². The van der Waals surface area contributed by atoms with Crippen molar-refractivity contribution in [1.82, 2.24) is 5.32 Å². The van der Waals surface area contributed by atoms with E-state index in [1.807, 2.05) is 30.0 Å². The Balaban J connectivity index is 2.00. The van der Waals surface area contributed by atoms with Gasteiger partial charge >= 0.3 is 0 Å². The van der Waals surface area contributed by atoms with Crippen LogP contribution in [0.3, 0.4) is 0 Å². The van der Waals surface area contributed by atoms with E-state index in [2.05, 4.69) is 11.4 Å². The average molecular weight is 214 g/mol. The van der Waals surface area contributed by atoms with Gasteiger partial charge in [0.1, 0.15) is 0 Å². The topological polar surface area (TPSA) is 12.0 Å². The Morgan fingerprint density at radius 3 is 3.08 bits per heavy atom. The maximum absolute atomic E-state index is 5.90. The van der Waals surface area contributed by atoms with E-state index in [-0.39, 0.29) is 0 Å². The van der Waals surface area contributed by atoms with Crippen molar-refractivity contribution in [1.29, 1.82) is 0 Å². The molecule has 0 bridgehead atoms. The van der Waals surface area contributed by atoms with Gasteiger partial charge in [0.2, 0.25) is 0 Å². The molecule has 1 aliphatic rings. The van der Waals surface area contributed by atoms with Crippen molar-refractivity contribution in [3.63, 3.8) is 0 Å². The van der Waals surface area contributed by atoms with Crippen LogP contribution in [0.2, 0.25) is 5.02 Å². The fraction of sp³-hybridized carbons (Fsp3) is 0.400. The first-order valence-corrected chi connectivity index (χ1v) is 5.73. The van der Waals surface area contributed by atoms with Gasteiger partial charge in [-0.15, -0.1) is 11.8 Å². The number of rotatable bonds is 2. The van der Waals surface area contributed by atoms with Crippen LogP contribution < -0.4 is 5.32 Å². The second kappa shape index (κ2) is 4.36. The van der Waals surface area contributed by atoms with Crippen LogP contribution in [-0.2, 0) is 0 Å². The standard InChI is InChI=1S/C10H12ClNS/c11-8-2-1-3-9(6-8)13-10-4-5-12-7-10/h1-3,6,10,12H,4-5,7H2/t10-/m1/s1. The van der Waals surface area contributed by atoms with Crippen LogP contribution in [0.1, 0.15) is 6.42 Å². The van der Waals surface area contributed by atoms with E-state index in [0.29, 0.717) is 0 Å². The smallest absolute Gasteiger partial charge is 0.0417 e. The molecule has 0 unspecified atom stereocenters. The molecule has 0 saturated carbocycles. The molecule has 1 saturated heterocycles. The lowest BCUT2D eigenvalue weighted by Crippen LogP contribution is -2.09. The van der Waals surface area contributed by atoms with Crippen LogP contribution in [0.25, 0.3) is 0 Å². The van der Waals surface area contributed by atoms with Gasteiger partial charge in [-0.05, 0) is 31.2 Å². The number of hydrogen-bond donors (Lipinski definition) is 1. The Hall–Kier alpha value is -0.180. The summed E-state index contributed by atoms with van der Waals surface area (Å²) in [5.74, 6) is 0. The van der Waals surface area contributed by atoms with Gasteiger partial charge in [0.25, 0.3) is 0 Å². The molecule has 3 heteroatoms. The molecule has 1 aromatic rings. The van der Waals surface area contributed by atoms with Crippen molar-refractivity contribution in [2.45, 2.75) is 16.6 Å². The molecule has 1 nitrogen and oxygen atoms in total. The molecule has 1 fully saturated rings. The quantitative estimate of drug-likeness (QED) is 0.811. The number of benzene rings is 1. The zero-order valence-corrected chi connectivity index (χ0v) is 8.87. The van der Waals surface area contributed by atoms with E-state index in [1.165, 1.54) is 11.3 Å². The monoisotopic (exact) mass is 213 g/mol. The fourth-order valence-electron chi connectivity index (χ4n) is 1.46. The van der Waals surface area contributed by atoms with E-state index in [0.717, 1.165) is 23.4 Å². The molecule has 13 heavy (non-hydrogen) atoms. The summed E-state index contributed by atoms with van der Waals surface area (Å²) in [7, 11) is 0. The van der Waals surface area contributed by atoms with Gasteiger partial charge in [-0.2, -0.15) is 0 Å². The SMILES string of the molecule is Clc1cccc(S[C@@H]2CCNC2)c1. The van der Waals surface area contributed by atoms with Gasteiger partial charge in [-0.1, -0.05) is 17.7 Å². The van der Waals surface area contributed by atoms with E-state index < -0.39 is 0 Å². The van der Waals surface area contributed by atoms with Crippen molar-refractivity contribution >= 4 is 23.4 Å². The first kappa shape index (κ1) is 9.38. The summed E-state index contributed by atoms with van der Waals surface area (Å²) in [6, 6.07) is 8.07. The van der Waals surface area contributed by atoms with E-state index in [1.54, 1.807) is 0 Å². The first-order chi connectivity index (χ1) is 6.34. The summed E-state index contributed by atoms with van der Waals surface area (Å²) < 4.78 is 0. The van der Waals surface area contributed by atoms with Crippen LogP contribution in [0.4, 0.5) is 0 Å². The Morgan fingerprint density at radius 1 is 1.46 bits per heavy atom. The highest BCUT2D eigenvalue weighted by Crippen LogP contribution is 2.28. The van der Waals surface area contributed by atoms with Crippen LogP contribution in [0.5, 0.6) is 0 Å². The Bertz CT molecular complexity index is 284. The second-order valence-electron chi connectivity index (χ2n) is 3.19. The number of thioether (sulfide) groups is 1. The zero-order valence-electron chi connectivity index (χ0n) is 7.29. The predicted octanol–water partition coefficient (Wildman–Crippen LogP) is 2.79. The third-order valence-corrected chi connectivity index (χ3v) is 3.61. The normalized spacial score (nSPS) is 22.1. The lowest BCUT2D eigenvalue weighted by Gasteiger charge is -2.07. The molecule has 0 aromatic heterocycles. The molecule has 70 valence electrons. The highest BCUT2D eigenvalue weighted by Gasteiger charge is 2.15. The van der Waals surface area contributed by atoms with Gasteiger partial charge in [-0.3, -0.25) is 0 Å². The molecule has 1 atom stereocenters. The summed E-state index contributed by atoms with van der Waals surface area (Å²) in [5, 5.41) is 4.90. The van der Waals surface area contributed by atoms with Crippen molar-refractivity contribution < 1.29 is 0 Å². The van der Waals surface area contributed by atoms with Crippen molar-refractivity contribution in [3.8, 4) is 0 Å². The van der Waals surface area contributed by atoms with Crippen molar-refractivity contribution in [2.24, 2.45) is 0 Å². The molecular weight excluding hydrogens is 202 g/mol. The molecule has 0 spiro atoms. The molecular formula is C10H12ClNS. The lowest BCUT2D eigenvalue weighted by atomic mass is 10.4. The Labute approximate surface area is 87.9 Å². The maximum atomic E-state index is 5.90. The maximum Gasteiger partial charge on any atom is 0.0417 e. The molecule has 1 heterocycles. The molecule has 1 aromatic carbocycles. The largest absolute Gasteiger partial charge is 0.316 e. The second-order valence-corrected chi connectivity index (χ2v) is 5.00. The first-order valence-electron chi connectivity index (χ1n) is 4.47. The van der Waals surface area contributed by atoms with Gasteiger partial charge in [0.05, 0.1) is 0 Å². The molecule has 1 aliphatic heterocycles. The van der Waals surface area contributed by atoms with E-state index >= 15 is 0 Å². The predicted molar refractivity (Wildman–Crippen MR) is 58.6 cm³/mol. The molecule has 2 rings (SSSR count). The summed E-state index contributed by atoms with van der Waals surface area (Å²) in [6.45, 7) is 2.27. The minimum atomic E-state index is 0.721. The third kappa shape index (κ3) is 2.63. The number of halogens is 1. The average Bonchev–Trinajstić information content (AvgIpc) is 2.57. The summed E-state index contributed by atoms with van der Waals surface area (Å²) in [6.07, 6.45) is 1.26. The van der Waals surface area contributed by atoms with Crippen LogP contribution in [-0.4, -0.2) is 18.3 Å². The van der Waals surface area contributed by atoms with Gasteiger partial charge in [0.15, 0.2) is 0 Å². The molecule has 0 radical (unpaired) electrons. The summed E-state index contributed by atoms with van der Waals surface area (Å²) in [5.41, 5.74) is 0. The van der Waals surface area contributed by atoms with Crippen LogP contribution >= 0.6 is 23.4 Å². The number of hydrogen-bond acceptors (Lipinski definition) is 2. The minimum absolute atomic E-state index is 0.721. The fourth-order valence-corrected chi connectivity index (χ4v) is 2.89. The minimum Gasteiger partial charge on any atom is -0.316 e. The third-order valence-electron chi connectivity index (χ3n) is 2.11. The van der Waals surface area contributed by atoms with Gasteiger partial charge in [0, 0.05) is 21.7 Å². The van der Waals surface area contributed by atoms with Crippen molar-refractivity contribution in [2.75, 3.05) is 13.1 Å². The molecule has 1 N–H and O–H groups in total. The summed E-state index contributed by atoms with van der Waals surface area (Å²) in [4.78, 5) is 1.28. The molecule has 0 aliphatic carbocycles.